The summed E-state index contributed by atoms with van der Waals surface area (Å²) < 4.78 is 3.24. The molecule has 0 bridgehead atoms. The van der Waals surface area contributed by atoms with E-state index >= 15 is 0 Å². The van der Waals surface area contributed by atoms with Crippen molar-refractivity contribution in [3.8, 4) is 11.4 Å². The topological polar surface area (TPSA) is 30.7 Å². The molecule has 2 aromatic heterocycles. The lowest BCUT2D eigenvalue weighted by molar-refractivity contribution is 0.617. The van der Waals surface area contributed by atoms with Gasteiger partial charge in [0.1, 0.15) is 5.65 Å². The van der Waals surface area contributed by atoms with E-state index in [1.165, 1.54) is 0 Å². The van der Waals surface area contributed by atoms with Crippen LogP contribution in [0, 0.1) is 6.92 Å². The van der Waals surface area contributed by atoms with E-state index in [0.717, 1.165) is 32.6 Å². The van der Waals surface area contributed by atoms with Gasteiger partial charge in [-0.05, 0) is 36.7 Å². The molecule has 0 atom stereocenters. The van der Waals surface area contributed by atoms with Crippen LogP contribution >= 0.6 is 15.9 Å². The molecule has 0 spiro atoms. The lowest BCUT2D eigenvalue weighted by Gasteiger charge is -2.10. The summed E-state index contributed by atoms with van der Waals surface area (Å²) >= 11 is 3.62. The van der Waals surface area contributed by atoms with Crippen LogP contribution in [-0.2, 0) is 0 Å². The summed E-state index contributed by atoms with van der Waals surface area (Å²) in [4.78, 5) is 9.42. The van der Waals surface area contributed by atoms with Crippen molar-refractivity contribution in [3.63, 3.8) is 0 Å². The quantitative estimate of drug-likeness (QED) is 0.679. The second kappa shape index (κ2) is 5.02. The molecule has 0 saturated heterocycles. The van der Waals surface area contributed by atoms with E-state index in [4.69, 9.17) is 4.98 Å². The largest absolute Gasteiger partial charge is 0.329 e. The maximum absolute atomic E-state index is 4.77. The molecule has 3 aromatic rings. The number of benzene rings is 1. The minimum atomic E-state index is 0.363. The van der Waals surface area contributed by atoms with Crippen LogP contribution in [0.2, 0.25) is 0 Å². The van der Waals surface area contributed by atoms with E-state index in [-0.39, 0.29) is 0 Å². The van der Waals surface area contributed by atoms with Crippen LogP contribution in [0.3, 0.4) is 0 Å². The van der Waals surface area contributed by atoms with E-state index in [2.05, 4.69) is 45.5 Å². The number of fused-ring (bicyclic) bond motifs is 1. The molecule has 4 heteroatoms. The molecule has 0 saturated carbocycles. The second-order valence-electron chi connectivity index (χ2n) is 5.18. The SMILES string of the molecule is Cc1nc(-c2ccccc2)nc2c1c(Br)cn2C(C)C. The zero-order valence-corrected chi connectivity index (χ0v) is 13.3. The third kappa shape index (κ3) is 2.14. The van der Waals surface area contributed by atoms with E-state index in [1.807, 2.05) is 37.3 Å². The molecule has 102 valence electrons. The van der Waals surface area contributed by atoms with Gasteiger partial charge in [0.2, 0.25) is 0 Å². The van der Waals surface area contributed by atoms with E-state index in [9.17, 15) is 0 Å². The van der Waals surface area contributed by atoms with Crippen LogP contribution in [-0.4, -0.2) is 14.5 Å². The summed E-state index contributed by atoms with van der Waals surface area (Å²) in [5.41, 5.74) is 3.03. The van der Waals surface area contributed by atoms with Crippen LogP contribution in [0.1, 0.15) is 25.6 Å². The molecule has 0 radical (unpaired) electrons. The fraction of sp³-hybridized carbons (Fsp3) is 0.250. The molecule has 0 N–H and O–H groups in total. The van der Waals surface area contributed by atoms with Crippen molar-refractivity contribution in [2.45, 2.75) is 26.8 Å². The highest BCUT2D eigenvalue weighted by Crippen LogP contribution is 2.31. The molecule has 1 aromatic carbocycles. The van der Waals surface area contributed by atoms with E-state index < -0.39 is 0 Å². The Hall–Kier alpha value is -1.68. The van der Waals surface area contributed by atoms with Crippen molar-refractivity contribution in [1.29, 1.82) is 0 Å². The Kier molecular flexibility index (Phi) is 3.34. The fourth-order valence-electron chi connectivity index (χ4n) is 2.38. The van der Waals surface area contributed by atoms with Gasteiger partial charge in [-0.3, -0.25) is 0 Å². The van der Waals surface area contributed by atoms with Crippen LogP contribution in [0.15, 0.2) is 41.0 Å². The third-order valence-corrected chi connectivity index (χ3v) is 4.00. The Labute approximate surface area is 126 Å². The first-order valence-corrected chi connectivity index (χ1v) is 7.47. The molecular formula is C16H16BrN3. The smallest absolute Gasteiger partial charge is 0.161 e. The first-order valence-electron chi connectivity index (χ1n) is 6.68. The summed E-state index contributed by atoms with van der Waals surface area (Å²) in [6.45, 7) is 6.35. The highest BCUT2D eigenvalue weighted by molar-refractivity contribution is 9.10. The summed E-state index contributed by atoms with van der Waals surface area (Å²) in [5, 5.41) is 1.10. The minimum Gasteiger partial charge on any atom is -0.329 e. The molecule has 20 heavy (non-hydrogen) atoms. The van der Waals surface area contributed by atoms with Gasteiger partial charge in [-0.25, -0.2) is 9.97 Å². The highest BCUT2D eigenvalue weighted by atomic mass is 79.9. The van der Waals surface area contributed by atoms with Crippen molar-refractivity contribution >= 4 is 27.0 Å². The molecule has 0 aliphatic carbocycles. The van der Waals surface area contributed by atoms with Gasteiger partial charge in [-0.2, -0.15) is 0 Å². The molecule has 0 unspecified atom stereocenters. The normalized spacial score (nSPS) is 11.4. The molecule has 0 amide bonds. The predicted octanol–water partition coefficient (Wildman–Crippen LogP) is 4.75. The Morgan fingerprint density at radius 1 is 1.10 bits per heavy atom. The van der Waals surface area contributed by atoms with E-state index in [1.54, 1.807) is 0 Å². The molecule has 0 aliphatic rings. The summed E-state index contributed by atoms with van der Waals surface area (Å²) in [7, 11) is 0. The van der Waals surface area contributed by atoms with Gasteiger partial charge in [0, 0.05) is 22.3 Å². The van der Waals surface area contributed by atoms with Crippen molar-refractivity contribution in [2.24, 2.45) is 0 Å². The maximum Gasteiger partial charge on any atom is 0.161 e. The van der Waals surface area contributed by atoms with Gasteiger partial charge in [-0.1, -0.05) is 30.3 Å². The third-order valence-electron chi connectivity index (χ3n) is 3.39. The van der Waals surface area contributed by atoms with E-state index in [0.29, 0.717) is 6.04 Å². The van der Waals surface area contributed by atoms with Gasteiger partial charge in [0.25, 0.3) is 0 Å². The number of hydrogen-bond donors (Lipinski definition) is 0. The number of halogens is 1. The Morgan fingerprint density at radius 3 is 2.45 bits per heavy atom. The Balaban J connectivity index is 2.30. The zero-order chi connectivity index (χ0) is 14.3. The fourth-order valence-corrected chi connectivity index (χ4v) is 3.07. The zero-order valence-electron chi connectivity index (χ0n) is 11.8. The average Bonchev–Trinajstić information content (AvgIpc) is 2.78. The van der Waals surface area contributed by atoms with Crippen molar-refractivity contribution in [1.82, 2.24) is 14.5 Å². The minimum absolute atomic E-state index is 0.363. The van der Waals surface area contributed by atoms with Crippen LogP contribution in [0.25, 0.3) is 22.4 Å². The summed E-state index contributed by atoms with van der Waals surface area (Å²) in [5.74, 6) is 0.781. The van der Waals surface area contributed by atoms with Gasteiger partial charge < -0.3 is 4.57 Å². The first-order chi connectivity index (χ1) is 9.58. The molecule has 3 rings (SSSR count). The molecule has 3 nitrogen and oxygen atoms in total. The molecule has 0 aliphatic heterocycles. The summed E-state index contributed by atoms with van der Waals surface area (Å²) in [6, 6.07) is 10.5. The second-order valence-corrected chi connectivity index (χ2v) is 6.03. The molecule has 0 fully saturated rings. The van der Waals surface area contributed by atoms with Crippen LogP contribution in [0.5, 0.6) is 0 Å². The van der Waals surface area contributed by atoms with Crippen molar-refractivity contribution in [2.75, 3.05) is 0 Å². The maximum atomic E-state index is 4.77. The number of aromatic nitrogens is 3. The molecular weight excluding hydrogens is 314 g/mol. The van der Waals surface area contributed by atoms with Gasteiger partial charge in [-0.15, -0.1) is 0 Å². The number of nitrogens with zero attached hydrogens (tertiary/aromatic N) is 3. The number of aryl methyl sites for hydroxylation is 1. The van der Waals surface area contributed by atoms with Crippen molar-refractivity contribution < 1.29 is 0 Å². The monoisotopic (exact) mass is 329 g/mol. The van der Waals surface area contributed by atoms with Gasteiger partial charge >= 0.3 is 0 Å². The van der Waals surface area contributed by atoms with Gasteiger partial charge in [0.15, 0.2) is 5.82 Å². The lowest BCUT2D eigenvalue weighted by Crippen LogP contribution is -2.02. The van der Waals surface area contributed by atoms with Crippen molar-refractivity contribution in [3.05, 3.63) is 46.7 Å². The highest BCUT2D eigenvalue weighted by Gasteiger charge is 2.15. The standard InChI is InChI=1S/C16H16BrN3/c1-10(2)20-9-13(17)14-11(3)18-15(19-16(14)20)12-7-5-4-6-8-12/h4-10H,1-3H3. The lowest BCUT2D eigenvalue weighted by atomic mass is 10.2. The number of hydrogen-bond acceptors (Lipinski definition) is 2. The molecule has 2 heterocycles. The Bertz CT molecular complexity index is 760. The van der Waals surface area contributed by atoms with Crippen LogP contribution < -0.4 is 0 Å². The van der Waals surface area contributed by atoms with Crippen LogP contribution in [0.4, 0.5) is 0 Å². The summed E-state index contributed by atoms with van der Waals surface area (Å²) in [6.07, 6.45) is 2.09. The first kappa shape index (κ1) is 13.3. The number of rotatable bonds is 2. The Morgan fingerprint density at radius 2 is 1.80 bits per heavy atom. The van der Waals surface area contributed by atoms with Gasteiger partial charge in [0.05, 0.1) is 11.1 Å². The average molecular weight is 330 g/mol. The predicted molar refractivity (Wildman–Crippen MR) is 85.8 cm³/mol.